The standard InChI is InChI=1S/C21H27NO3S/c1-4-16-8-10-17(11-9-16)19-20(21(19,22)14-25-5-2)26(23,24)18-12-6-15(3)7-13-18/h6-13,19-20H,4-5,14,22H2,1-3H3/t19-,20-,21-/m0/s1. The Kier molecular flexibility index (Phi) is 5.24. The van der Waals surface area contributed by atoms with E-state index >= 15 is 0 Å². The Morgan fingerprint density at radius 3 is 2.19 bits per heavy atom. The first-order valence-electron chi connectivity index (χ1n) is 9.10. The molecule has 4 nitrogen and oxygen atoms in total. The van der Waals surface area contributed by atoms with Crippen LogP contribution in [0.4, 0.5) is 0 Å². The Labute approximate surface area is 156 Å². The second-order valence-corrected chi connectivity index (χ2v) is 9.17. The first kappa shape index (κ1) is 19.1. The molecule has 0 spiro atoms. The van der Waals surface area contributed by atoms with Gasteiger partial charge in [0.1, 0.15) is 0 Å². The summed E-state index contributed by atoms with van der Waals surface area (Å²) in [5, 5.41) is -0.670. The number of ether oxygens (including phenoxy) is 1. The summed E-state index contributed by atoms with van der Waals surface area (Å²) < 4.78 is 32.1. The molecule has 3 rings (SSSR count). The van der Waals surface area contributed by atoms with Crippen molar-refractivity contribution in [2.45, 2.75) is 48.8 Å². The van der Waals surface area contributed by atoms with Crippen LogP contribution < -0.4 is 5.73 Å². The normalized spacial score (nSPS) is 25.2. The number of aryl methyl sites for hydroxylation is 2. The molecule has 1 fully saturated rings. The van der Waals surface area contributed by atoms with Crippen molar-refractivity contribution in [3.63, 3.8) is 0 Å². The fourth-order valence-electron chi connectivity index (χ4n) is 3.66. The van der Waals surface area contributed by atoms with E-state index < -0.39 is 20.6 Å². The van der Waals surface area contributed by atoms with Gasteiger partial charge in [0.05, 0.1) is 22.3 Å². The molecular weight excluding hydrogens is 346 g/mol. The Morgan fingerprint density at radius 1 is 1.04 bits per heavy atom. The molecule has 1 aliphatic rings. The largest absolute Gasteiger partial charge is 0.380 e. The highest BCUT2D eigenvalue weighted by molar-refractivity contribution is 7.92. The summed E-state index contributed by atoms with van der Waals surface area (Å²) >= 11 is 0. The van der Waals surface area contributed by atoms with E-state index in [0.717, 1.165) is 17.5 Å². The van der Waals surface area contributed by atoms with Crippen molar-refractivity contribution in [1.82, 2.24) is 0 Å². The van der Waals surface area contributed by atoms with Gasteiger partial charge < -0.3 is 10.5 Å². The fraction of sp³-hybridized carbons (Fsp3) is 0.429. The van der Waals surface area contributed by atoms with Crippen molar-refractivity contribution in [3.05, 3.63) is 65.2 Å². The molecule has 2 N–H and O–H groups in total. The summed E-state index contributed by atoms with van der Waals surface area (Å²) in [4.78, 5) is 0.326. The van der Waals surface area contributed by atoms with Gasteiger partial charge in [0.25, 0.3) is 0 Å². The van der Waals surface area contributed by atoms with E-state index in [2.05, 4.69) is 6.92 Å². The summed E-state index contributed by atoms with van der Waals surface area (Å²) in [7, 11) is -3.54. The van der Waals surface area contributed by atoms with Gasteiger partial charge >= 0.3 is 0 Å². The monoisotopic (exact) mass is 373 g/mol. The smallest absolute Gasteiger partial charge is 0.183 e. The van der Waals surface area contributed by atoms with Crippen molar-refractivity contribution in [2.75, 3.05) is 13.2 Å². The van der Waals surface area contributed by atoms with Crippen LogP contribution in [0.25, 0.3) is 0 Å². The van der Waals surface area contributed by atoms with Crippen molar-refractivity contribution >= 4 is 9.84 Å². The number of rotatable bonds is 7. The summed E-state index contributed by atoms with van der Waals surface area (Å²) in [5.41, 5.74) is 8.89. The minimum atomic E-state index is -3.54. The Balaban J connectivity index is 1.97. The van der Waals surface area contributed by atoms with E-state index in [0.29, 0.717) is 11.5 Å². The van der Waals surface area contributed by atoms with E-state index in [1.807, 2.05) is 50.2 Å². The number of benzene rings is 2. The number of hydrogen-bond acceptors (Lipinski definition) is 4. The molecule has 0 heterocycles. The van der Waals surface area contributed by atoms with Crippen LogP contribution in [0.3, 0.4) is 0 Å². The molecule has 3 atom stereocenters. The summed E-state index contributed by atoms with van der Waals surface area (Å²) in [5.74, 6) is -0.258. The second-order valence-electron chi connectivity index (χ2n) is 7.10. The molecule has 5 heteroatoms. The second kappa shape index (κ2) is 7.14. The number of nitrogens with two attached hydrogens (primary N) is 1. The lowest BCUT2D eigenvalue weighted by atomic mass is 10.0. The van der Waals surface area contributed by atoms with E-state index in [1.54, 1.807) is 12.1 Å². The van der Waals surface area contributed by atoms with Crippen LogP contribution in [-0.4, -0.2) is 32.4 Å². The van der Waals surface area contributed by atoms with Crippen LogP contribution in [0.5, 0.6) is 0 Å². The van der Waals surface area contributed by atoms with Gasteiger partial charge in [-0.15, -0.1) is 0 Å². The molecule has 0 unspecified atom stereocenters. The van der Waals surface area contributed by atoms with E-state index in [-0.39, 0.29) is 12.5 Å². The van der Waals surface area contributed by atoms with Gasteiger partial charge in [-0.1, -0.05) is 48.9 Å². The third-order valence-corrected chi connectivity index (χ3v) is 7.60. The van der Waals surface area contributed by atoms with Gasteiger partial charge in [-0.2, -0.15) is 0 Å². The SMILES string of the molecule is CCOC[C@]1(N)[C@@H](c2ccc(CC)cc2)[C@@H]1S(=O)(=O)c1ccc(C)cc1. The van der Waals surface area contributed by atoms with Crippen molar-refractivity contribution in [1.29, 1.82) is 0 Å². The number of hydrogen-bond donors (Lipinski definition) is 1. The predicted octanol–water partition coefficient (Wildman–Crippen LogP) is 3.23. The Hall–Kier alpha value is -1.69. The first-order chi connectivity index (χ1) is 12.3. The quantitative estimate of drug-likeness (QED) is 0.809. The summed E-state index contributed by atoms with van der Waals surface area (Å²) in [6.07, 6.45) is 0.947. The van der Waals surface area contributed by atoms with Crippen LogP contribution in [0.2, 0.25) is 0 Å². The van der Waals surface area contributed by atoms with Crippen LogP contribution >= 0.6 is 0 Å². The Morgan fingerprint density at radius 2 is 1.65 bits per heavy atom. The average molecular weight is 374 g/mol. The molecule has 0 aromatic heterocycles. The van der Waals surface area contributed by atoms with Gasteiger partial charge in [0.15, 0.2) is 9.84 Å². The van der Waals surface area contributed by atoms with Crippen molar-refractivity contribution < 1.29 is 13.2 Å². The molecule has 2 aromatic rings. The first-order valence-corrected chi connectivity index (χ1v) is 10.6. The Bertz CT molecular complexity index is 859. The molecule has 1 saturated carbocycles. The van der Waals surface area contributed by atoms with E-state index in [9.17, 15) is 8.42 Å². The molecular formula is C21H27NO3S. The van der Waals surface area contributed by atoms with E-state index in [4.69, 9.17) is 10.5 Å². The molecule has 140 valence electrons. The van der Waals surface area contributed by atoms with Crippen LogP contribution in [-0.2, 0) is 21.0 Å². The highest BCUT2D eigenvalue weighted by Gasteiger charge is 2.69. The summed E-state index contributed by atoms with van der Waals surface area (Å²) in [6.45, 7) is 6.67. The molecule has 2 aromatic carbocycles. The zero-order valence-electron chi connectivity index (χ0n) is 15.6. The molecule has 26 heavy (non-hydrogen) atoms. The maximum atomic E-state index is 13.3. The van der Waals surface area contributed by atoms with Crippen LogP contribution in [0.15, 0.2) is 53.4 Å². The average Bonchev–Trinajstić information content (AvgIpc) is 3.27. The zero-order valence-corrected chi connectivity index (χ0v) is 16.4. The molecule has 0 amide bonds. The lowest BCUT2D eigenvalue weighted by Crippen LogP contribution is -2.36. The van der Waals surface area contributed by atoms with Gasteiger partial charge in [0, 0.05) is 12.5 Å². The molecule has 0 aliphatic heterocycles. The van der Waals surface area contributed by atoms with Gasteiger partial charge in [-0.25, -0.2) is 8.42 Å². The third-order valence-electron chi connectivity index (χ3n) is 5.29. The van der Waals surface area contributed by atoms with Gasteiger partial charge in [-0.3, -0.25) is 0 Å². The molecule has 0 radical (unpaired) electrons. The predicted molar refractivity (Wildman–Crippen MR) is 104 cm³/mol. The van der Waals surface area contributed by atoms with E-state index in [1.165, 1.54) is 5.56 Å². The molecule has 0 bridgehead atoms. The highest BCUT2D eigenvalue weighted by atomic mass is 32.2. The fourth-order valence-corrected chi connectivity index (χ4v) is 5.95. The van der Waals surface area contributed by atoms with Crippen molar-refractivity contribution in [2.24, 2.45) is 5.73 Å². The molecule has 1 aliphatic carbocycles. The topological polar surface area (TPSA) is 69.4 Å². The van der Waals surface area contributed by atoms with Crippen LogP contribution in [0.1, 0.15) is 36.5 Å². The van der Waals surface area contributed by atoms with Crippen LogP contribution in [0, 0.1) is 6.92 Å². The third kappa shape index (κ3) is 3.31. The maximum absolute atomic E-state index is 13.3. The van der Waals surface area contributed by atoms with Gasteiger partial charge in [0.2, 0.25) is 0 Å². The maximum Gasteiger partial charge on any atom is 0.183 e. The van der Waals surface area contributed by atoms with Crippen molar-refractivity contribution in [3.8, 4) is 0 Å². The zero-order chi connectivity index (χ0) is 18.9. The highest BCUT2D eigenvalue weighted by Crippen LogP contribution is 2.55. The minimum absolute atomic E-state index is 0.236. The van der Waals surface area contributed by atoms with Gasteiger partial charge in [-0.05, 0) is 43.5 Å². The lowest BCUT2D eigenvalue weighted by molar-refractivity contribution is 0.125. The lowest BCUT2D eigenvalue weighted by Gasteiger charge is -2.12. The number of sulfone groups is 1. The summed E-state index contributed by atoms with van der Waals surface area (Å²) in [6, 6.07) is 15.1. The molecule has 0 saturated heterocycles. The minimum Gasteiger partial charge on any atom is -0.380 e.